The molecule has 0 fully saturated rings. The summed E-state index contributed by atoms with van der Waals surface area (Å²) in [7, 11) is 0. The van der Waals surface area contributed by atoms with Crippen molar-refractivity contribution in [3.63, 3.8) is 0 Å². The van der Waals surface area contributed by atoms with Crippen molar-refractivity contribution in [3.05, 3.63) is 75.6 Å². The summed E-state index contributed by atoms with van der Waals surface area (Å²) in [4.78, 5) is 24.4. The molecule has 1 amide bonds. The van der Waals surface area contributed by atoms with Gasteiger partial charge < -0.3 is 10.4 Å². The van der Waals surface area contributed by atoms with Crippen LogP contribution in [0.2, 0.25) is 5.02 Å². The van der Waals surface area contributed by atoms with E-state index in [4.69, 9.17) is 11.6 Å². The molecular formula is C20H14ClF2NO3S. The van der Waals surface area contributed by atoms with Gasteiger partial charge in [-0.05, 0) is 35.7 Å². The number of benzene rings is 2. The summed E-state index contributed by atoms with van der Waals surface area (Å²) in [5.74, 6) is -3.05. The Morgan fingerprint density at radius 1 is 1.11 bits per heavy atom. The minimum absolute atomic E-state index is 0.0198. The summed E-state index contributed by atoms with van der Waals surface area (Å²) in [6.45, 7) is 0. The fraction of sp³-hybridized carbons (Fsp3) is 0.100. The topological polar surface area (TPSA) is 66.4 Å². The van der Waals surface area contributed by atoms with Crippen LogP contribution in [0.3, 0.4) is 0 Å². The van der Waals surface area contributed by atoms with Crippen molar-refractivity contribution >= 4 is 40.5 Å². The number of carbonyl (C=O) groups is 2. The molecule has 0 aliphatic rings. The van der Waals surface area contributed by atoms with Crippen LogP contribution in [0.4, 0.5) is 14.5 Å². The molecule has 4 nitrogen and oxygen atoms in total. The number of rotatable bonds is 6. The normalized spacial score (nSPS) is 10.7. The summed E-state index contributed by atoms with van der Waals surface area (Å²) in [5, 5.41) is 14.2. The van der Waals surface area contributed by atoms with Crippen LogP contribution in [-0.4, -0.2) is 17.0 Å². The molecule has 0 spiro atoms. The van der Waals surface area contributed by atoms with Crippen molar-refractivity contribution in [2.75, 3.05) is 5.32 Å². The van der Waals surface area contributed by atoms with E-state index in [2.05, 4.69) is 5.32 Å². The minimum Gasteiger partial charge on any atom is -0.478 e. The van der Waals surface area contributed by atoms with Gasteiger partial charge in [-0.2, -0.15) is 0 Å². The zero-order valence-electron chi connectivity index (χ0n) is 14.3. The number of thiophene rings is 1. The fourth-order valence-electron chi connectivity index (χ4n) is 2.66. The quantitative estimate of drug-likeness (QED) is 0.543. The van der Waals surface area contributed by atoms with Crippen molar-refractivity contribution in [1.82, 2.24) is 0 Å². The maximum Gasteiger partial charge on any atom is 0.339 e. The molecule has 1 heterocycles. The number of anilines is 1. The van der Waals surface area contributed by atoms with Crippen LogP contribution < -0.4 is 5.32 Å². The molecule has 0 radical (unpaired) electrons. The predicted molar refractivity (Wildman–Crippen MR) is 105 cm³/mol. The Labute approximate surface area is 168 Å². The highest BCUT2D eigenvalue weighted by Gasteiger charge is 2.21. The number of carbonyl (C=O) groups excluding carboxylic acids is 1. The standard InChI is InChI=1S/C20H14ClF2NO3S/c21-13-5-1-12(2-6-13)19-18(20(26)27)16(10-28-19)24-17(25)8-4-11-3-7-14(22)9-15(11)23/h1-3,5-7,9-10H,4,8H2,(H,24,25)(H,26,27). The maximum absolute atomic E-state index is 13.7. The molecule has 3 rings (SSSR count). The Morgan fingerprint density at radius 2 is 1.82 bits per heavy atom. The molecule has 8 heteroatoms. The molecule has 2 N–H and O–H groups in total. The Morgan fingerprint density at radius 3 is 2.46 bits per heavy atom. The lowest BCUT2D eigenvalue weighted by Gasteiger charge is -2.07. The van der Waals surface area contributed by atoms with Crippen molar-refractivity contribution in [3.8, 4) is 10.4 Å². The maximum atomic E-state index is 13.7. The Balaban J connectivity index is 1.75. The van der Waals surface area contributed by atoms with E-state index in [-0.39, 0.29) is 29.7 Å². The molecule has 0 saturated carbocycles. The number of halogens is 3. The van der Waals surface area contributed by atoms with Crippen LogP contribution in [-0.2, 0) is 11.2 Å². The molecule has 3 aromatic rings. The van der Waals surface area contributed by atoms with Crippen LogP contribution in [0, 0.1) is 11.6 Å². The second-order valence-electron chi connectivity index (χ2n) is 5.95. The van der Waals surface area contributed by atoms with Crippen molar-refractivity contribution in [2.45, 2.75) is 12.8 Å². The summed E-state index contributed by atoms with van der Waals surface area (Å²) in [6, 6.07) is 9.86. The van der Waals surface area contributed by atoms with Crippen molar-refractivity contribution < 1.29 is 23.5 Å². The number of carboxylic acid groups (broad SMARTS) is 1. The number of aromatic carboxylic acids is 1. The van der Waals surface area contributed by atoms with Crippen LogP contribution in [0.15, 0.2) is 47.8 Å². The summed E-state index contributed by atoms with van der Waals surface area (Å²) < 4.78 is 26.6. The van der Waals surface area contributed by atoms with Crippen LogP contribution in [0.5, 0.6) is 0 Å². The first-order valence-corrected chi connectivity index (χ1v) is 9.45. The molecule has 144 valence electrons. The average molecular weight is 422 g/mol. The average Bonchev–Trinajstić information content (AvgIpc) is 3.05. The number of nitrogens with one attached hydrogen (secondary N) is 1. The minimum atomic E-state index is -1.17. The van der Waals surface area contributed by atoms with Gasteiger partial charge in [0.25, 0.3) is 0 Å². The van der Waals surface area contributed by atoms with Gasteiger partial charge in [-0.1, -0.05) is 29.8 Å². The van der Waals surface area contributed by atoms with E-state index in [1.165, 1.54) is 17.4 Å². The zero-order valence-corrected chi connectivity index (χ0v) is 15.9. The molecule has 0 aliphatic heterocycles. The Hall–Kier alpha value is -2.77. The van der Waals surface area contributed by atoms with E-state index in [9.17, 15) is 23.5 Å². The molecule has 0 bridgehead atoms. The third-order valence-electron chi connectivity index (χ3n) is 4.02. The molecule has 1 aromatic heterocycles. The van der Waals surface area contributed by atoms with E-state index in [1.54, 1.807) is 29.6 Å². The number of hydrogen-bond acceptors (Lipinski definition) is 3. The third-order valence-corrected chi connectivity index (χ3v) is 5.30. The van der Waals surface area contributed by atoms with Gasteiger partial charge in [-0.3, -0.25) is 4.79 Å². The number of amides is 1. The van der Waals surface area contributed by atoms with Crippen LogP contribution >= 0.6 is 22.9 Å². The number of aryl methyl sites for hydroxylation is 1. The largest absolute Gasteiger partial charge is 0.478 e. The monoisotopic (exact) mass is 421 g/mol. The van der Waals surface area contributed by atoms with Crippen LogP contribution in [0.1, 0.15) is 22.3 Å². The SMILES string of the molecule is O=C(CCc1ccc(F)cc1F)Nc1csc(-c2ccc(Cl)cc2)c1C(=O)O. The second-order valence-corrected chi connectivity index (χ2v) is 7.27. The zero-order chi connectivity index (χ0) is 20.3. The summed E-state index contributed by atoms with van der Waals surface area (Å²) in [6.07, 6.45) is -0.0116. The van der Waals surface area contributed by atoms with Crippen LogP contribution in [0.25, 0.3) is 10.4 Å². The lowest BCUT2D eigenvalue weighted by molar-refractivity contribution is -0.116. The highest BCUT2D eigenvalue weighted by Crippen LogP contribution is 2.36. The van der Waals surface area contributed by atoms with E-state index < -0.39 is 23.5 Å². The van der Waals surface area contributed by atoms with Gasteiger partial charge in [0.2, 0.25) is 5.91 Å². The smallest absolute Gasteiger partial charge is 0.339 e. The van der Waals surface area contributed by atoms with E-state index >= 15 is 0 Å². The van der Waals surface area contributed by atoms with Gasteiger partial charge in [0.15, 0.2) is 0 Å². The van der Waals surface area contributed by atoms with E-state index in [1.807, 2.05) is 0 Å². The molecule has 2 aromatic carbocycles. The van der Waals surface area contributed by atoms with Crippen molar-refractivity contribution in [1.29, 1.82) is 0 Å². The van der Waals surface area contributed by atoms with Gasteiger partial charge in [0.1, 0.15) is 17.2 Å². The van der Waals surface area contributed by atoms with Gasteiger partial charge >= 0.3 is 5.97 Å². The first kappa shape index (κ1) is 20.0. The lowest BCUT2D eigenvalue weighted by atomic mass is 10.1. The molecular weight excluding hydrogens is 408 g/mol. The molecule has 0 atom stereocenters. The fourth-order valence-corrected chi connectivity index (χ4v) is 3.79. The van der Waals surface area contributed by atoms with Gasteiger partial charge in [0.05, 0.1) is 10.6 Å². The van der Waals surface area contributed by atoms with E-state index in [0.717, 1.165) is 12.1 Å². The predicted octanol–water partition coefficient (Wildman–Crippen LogP) is 5.62. The lowest BCUT2D eigenvalue weighted by Crippen LogP contribution is -2.14. The molecule has 0 saturated heterocycles. The van der Waals surface area contributed by atoms with Crippen molar-refractivity contribution in [2.24, 2.45) is 0 Å². The van der Waals surface area contributed by atoms with Gasteiger partial charge in [-0.25, -0.2) is 13.6 Å². The Kier molecular flexibility index (Phi) is 6.06. The van der Waals surface area contributed by atoms with Gasteiger partial charge in [0, 0.05) is 22.9 Å². The molecule has 0 aliphatic carbocycles. The third kappa shape index (κ3) is 4.55. The highest BCUT2D eigenvalue weighted by atomic mass is 35.5. The second kappa shape index (κ2) is 8.50. The first-order valence-electron chi connectivity index (χ1n) is 8.19. The number of carboxylic acids is 1. The molecule has 0 unspecified atom stereocenters. The summed E-state index contributed by atoms with van der Waals surface area (Å²) >= 11 is 7.05. The summed E-state index contributed by atoms with van der Waals surface area (Å²) in [5.41, 5.74) is 1.03. The van der Waals surface area contributed by atoms with Gasteiger partial charge in [-0.15, -0.1) is 11.3 Å². The number of hydrogen-bond donors (Lipinski definition) is 2. The highest BCUT2D eigenvalue weighted by molar-refractivity contribution is 7.14. The molecule has 28 heavy (non-hydrogen) atoms. The first-order chi connectivity index (χ1) is 13.3. The Bertz CT molecular complexity index is 1030. The van der Waals surface area contributed by atoms with E-state index in [0.29, 0.717) is 15.5 Å².